The number of aryl methyl sites for hydroxylation is 2. The second-order valence-corrected chi connectivity index (χ2v) is 6.44. The van der Waals surface area contributed by atoms with Gasteiger partial charge in [-0.3, -0.25) is 14.5 Å². The normalized spacial score (nSPS) is 12.7. The molecule has 124 valence electrons. The smallest absolute Gasteiger partial charge is 0.259 e. The highest BCUT2D eigenvalue weighted by atomic mass is 16.2. The molecule has 3 aromatic carbocycles. The second kappa shape index (κ2) is 5.74. The van der Waals surface area contributed by atoms with E-state index in [0.29, 0.717) is 5.56 Å². The van der Waals surface area contributed by atoms with E-state index in [9.17, 15) is 9.59 Å². The minimum absolute atomic E-state index is 0.0000565. The molecule has 0 saturated carbocycles. The zero-order valence-corrected chi connectivity index (χ0v) is 14.2. The lowest BCUT2D eigenvalue weighted by Crippen LogP contribution is -2.35. The summed E-state index contributed by atoms with van der Waals surface area (Å²) in [6, 6.07) is 17.3. The van der Waals surface area contributed by atoms with Crippen molar-refractivity contribution in [3.63, 3.8) is 0 Å². The molecule has 1 aliphatic heterocycles. The first-order valence-electron chi connectivity index (χ1n) is 8.25. The summed E-state index contributed by atoms with van der Waals surface area (Å²) < 4.78 is 0. The Morgan fingerprint density at radius 2 is 1.80 bits per heavy atom. The highest BCUT2D eigenvalue weighted by molar-refractivity contribution is 6.26. The summed E-state index contributed by atoms with van der Waals surface area (Å²) in [4.78, 5) is 26.8. The minimum Gasteiger partial charge on any atom is -0.324 e. The molecule has 0 radical (unpaired) electrons. The molecule has 1 N–H and O–H groups in total. The fraction of sp³-hybridized carbons (Fsp3) is 0.143. The van der Waals surface area contributed by atoms with Crippen molar-refractivity contribution in [2.24, 2.45) is 0 Å². The molecule has 4 rings (SSSR count). The predicted molar refractivity (Wildman–Crippen MR) is 100 cm³/mol. The SMILES string of the molecule is Cc1ccc(NC(=O)CN2C(=O)c3cccc4cccc2c34)c(C)c1. The molecule has 0 unspecified atom stereocenters. The van der Waals surface area contributed by atoms with Gasteiger partial charge in [0.15, 0.2) is 0 Å². The number of hydrogen-bond acceptors (Lipinski definition) is 2. The first kappa shape index (κ1) is 15.4. The molecule has 0 saturated heterocycles. The van der Waals surface area contributed by atoms with E-state index in [-0.39, 0.29) is 18.4 Å². The molecule has 2 amide bonds. The Balaban J connectivity index is 1.61. The van der Waals surface area contributed by atoms with Gasteiger partial charge in [0.2, 0.25) is 5.91 Å². The third kappa shape index (κ3) is 2.56. The highest BCUT2D eigenvalue weighted by Crippen LogP contribution is 2.36. The van der Waals surface area contributed by atoms with Crippen molar-refractivity contribution < 1.29 is 9.59 Å². The Morgan fingerprint density at radius 1 is 1.04 bits per heavy atom. The van der Waals surface area contributed by atoms with E-state index < -0.39 is 0 Å². The van der Waals surface area contributed by atoms with Crippen molar-refractivity contribution in [1.82, 2.24) is 0 Å². The maximum absolute atomic E-state index is 12.7. The van der Waals surface area contributed by atoms with E-state index in [1.54, 1.807) is 4.90 Å². The summed E-state index contributed by atoms with van der Waals surface area (Å²) in [5.74, 6) is -0.326. The minimum atomic E-state index is -0.204. The maximum atomic E-state index is 12.7. The maximum Gasteiger partial charge on any atom is 0.259 e. The van der Waals surface area contributed by atoms with Gasteiger partial charge in [0.1, 0.15) is 6.54 Å². The summed E-state index contributed by atoms with van der Waals surface area (Å²) in [7, 11) is 0. The van der Waals surface area contributed by atoms with Crippen molar-refractivity contribution in [1.29, 1.82) is 0 Å². The first-order valence-corrected chi connectivity index (χ1v) is 8.25. The van der Waals surface area contributed by atoms with Crippen LogP contribution in [0.15, 0.2) is 54.6 Å². The molecule has 1 aliphatic rings. The molecule has 0 spiro atoms. The number of amides is 2. The van der Waals surface area contributed by atoms with Gasteiger partial charge in [0.05, 0.1) is 5.69 Å². The lowest BCUT2D eigenvalue weighted by Gasteiger charge is -2.18. The van der Waals surface area contributed by atoms with E-state index >= 15 is 0 Å². The standard InChI is InChI=1S/C21H18N2O2/c1-13-9-10-17(14(2)11-13)22-19(24)12-23-18-8-4-6-15-5-3-7-16(20(15)18)21(23)25/h3-11H,12H2,1-2H3,(H,22,24). The van der Waals surface area contributed by atoms with Crippen molar-refractivity contribution in [3.8, 4) is 0 Å². The Kier molecular flexibility index (Phi) is 3.53. The van der Waals surface area contributed by atoms with Gasteiger partial charge < -0.3 is 5.32 Å². The van der Waals surface area contributed by atoms with E-state index in [4.69, 9.17) is 0 Å². The van der Waals surface area contributed by atoms with Crippen LogP contribution in [-0.4, -0.2) is 18.4 Å². The van der Waals surface area contributed by atoms with Gasteiger partial charge in [-0.05, 0) is 43.0 Å². The first-order chi connectivity index (χ1) is 12.0. The number of hydrogen-bond donors (Lipinski definition) is 1. The van der Waals surface area contributed by atoms with Crippen LogP contribution in [0.5, 0.6) is 0 Å². The lowest BCUT2D eigenvalue weighted by atomic mass is 10.1. The van der Waals surface area contributed by atoms with Crippen LogP contribution in [0.4, 0.5) is 11.4 Å². The fourth-order valence-electron chi connectivity index (χ4n) is 3.42. The summed E-state index contributed by atoms with van der Waals surface area (Å²) in [6.07, 6.45) is 0. The Morgan fingerprint density at radius 3 is 2.56 bits per heavy atom. The van der Waals surface area contributed by atoms with Gasteiger partial charge in [-0.25, -0.2) is 0 Å². The van der Waals surface area contributed by atoms with Crippen LogP contribution >= 0.6 is 0 Å². The van der Waals surface area contributed by atoms with E-state index in [1.807, 2.05) is 68.4 Å². The Bertz CT molecular complexity index is 1020. The van der Waals surface area contributed by atoms with Crippen molar-refractivity contribution >= 4 is 34.0 Å². The van der Waals surface area contributed by atoms with Crippen LogP contribution in [0, 0.1) is 13.8 Å². The number of nitrogens with zero attached hydrogens (tertiary/aromatic N) is 1. The number of nitrogens with one attached hydrogen (secondary N) is 1. The van der Waals surface area contributed by atoms with Crippen molar-refractivity contribution in [2.75, 3.05) is 16.8 Å². The van der Waals surface area contributed by atoms with Crippen molar-refractivity contribution in [2.45, 2.75) is 13.8 Å². The quantitative estimate of drug-likeness (QED) is 0.787. The van der Waals surface area contributed by atoms with Crippen LogP contribution in [0.2, 0.25) is 0 Å². The average molecular weight is 330 g/mol. The Labute approximate surface area is 146 Å². The molecular weight excluding hydrogens is 312 g/mol. The number of rotatable bonds is 3. The van der Waals surface area contributed by atoms with Crippen molar-refractivity contribution in [3.05, 3.63) is 71.3 Å². The number of carbonyl (C=O) groups is 2. The van der Waals surface area contributed by atoms with Crippen LogP contribution < -0.4 is 10.2 Å². The zero-order chi connectivity index (χ0) is 17.6. The number of carbonyl (C=O) groups excluding carboxylic acids is 2. The molecule has 0 aromatic heterocycles. The number of anilines is 2. The second-order valence-electron chi connectivity index (χ2n) is 6.44. The molecule has 4 nitrogen and oxygen atoms in total. The van der Waals surface area contributed by atoms with E-state index in [2.05, 4.69) is 5.32 Å². The molecule has 1 heterocycles. The zero-order valence-electron chi connectivity index (χ0n) is 14.2. The molecule has 3 aromatic rings. The third-order valence-corrected chi connectivity index (χ3v) is 4.61. The number of benzene rings is 3. The van der Waals surface area contributed by atoms with E-state index in [0.717, 1.165) is 33.3 Å². The molecule has 0 fully saturated rings. The topological polar surface area (TPSA) is 49.4 Å². The van der Waals surface area contributed by atoms with Gasteiger partial charge in [0, 0.05) is 16.6 Å². The molecule has 0 bridgehead atoms. The highest BCUT2D eigenvalue weighted by Gasteiger charge is 2.30. The summed E-state index contributed by atoms with van der Waals surface area (Å²) in [6.45, 7) is 3.97. The summed E-state index contributed by atoms with van der Waals surface area (Å²) >= 11 is 0. The lowest BCUT2D eigenvalue weighted by molar-refractivity contribution is -0.114. The van der Waals surface area contributed by atoms with Crippen LogP contribution in [0.3, 0.4) is 0 Å². The summed E-state index contributed by atoms with van der Waals surface area (Å²) in [5.41, 5.74) is 4.39. The molecule has 0 aliphatic carbocycles. The summed E-state index contributed by atoms with van der Waals surface area (Å²) in [5, 5.41) is 4.85. The van der Waals surface area contributed by atoms with Gasteiger partial charge >= 0.3 is 0 Å². The Hall–Kier alpha value is -3.14. The van der Waals surface area contributed by atoms with Crippen LogP contribution in [-0.2, 0) is 4.79 Å². The fourth-order valence-corrected chi connectivity index (χ4v) is 3.42. The van der Waals surface area contributed by atoms with Gasteiger partial charge in [0.25, 0.3) is 5.91 Å². The van der Waals surface area contributed by atoms with E-state index in [1.165, 1.54) is 0 Å². The largest absolute Gasteiger partial charge is 0.324 e. The molecular formula is C21H18N2O2. The molecule has 4 heteroatoms. The van der Waals surface area contributed by atoms with Gasteiger partial charge in [-0.15, -0.1) is 0 Å². The molecule has 25 heavy (non-hydrogen) atoms. The average Bonchev–Trinajstić information content (AvgIpc) is 2.86. The van der Waals surface area contributed by atoms with Crippen LogP contribution in [0.1, 0.15) is 21.5 Å². The van der Waals surface area contributed by atoms with Gasteiger partial charge in [-0.2, -0.15) is 0 Å². The van der Waals surface area contributed by atoms with Crippen LogP contribution in [0.25, 0.3) is 10.8 Å². The monoisotopic (exact) mass is 330 g/mol. The predicted octanol–water partition coefficient (Wildman–Crippen LogP) is 4.06. The third-order valence-electron chi connectivity index (χ3n) is 4.61. The van der Waals surface area contributed by atoms with Gasteiger partial charge in [-0.1, -0.05) is 42.0 Å². The molecule has 0 atom stereocenters.